The molecule has 0 aliphatic heterocycles. The van der Waals surface area contributed by atoms with E-state index in [9.17, 15) is 9.59 Å². The minimum Gasteiger partial charge on any atom is -0.468 e. The van der Waals surface area contributed by atoms with Crippen molar-refractivity contribution in [2.45, 2.75) is 32.1 Å². The summed E-state index contributed by atoms with van der Waals surface area (Å²) in [5.41, 5.74) is 0. The predicted octanol–water partition coefficient (Wildman–Crippen LogP) is 1.20. The molecule has 0 unspecified atom stereocenters. The molecule has 86 valence electrons. The van der Waals surface area contributed by atoms with Crippen LogP contribution >= 0.6 is 0 Å². The molecule has 0 atom stereocenters. The molecule has 0 spiro atoms. The number of carbonyl (C=O) groups excluding carboxylic acids is 2. The van der Waals surface area contributed by atoms with E-state index in [0.717, 1.165) is 12.8 Å². The molecule has 0 aromatic carbocycles. The molecule has 0 heterocycles. The molecule has 1 amide bonds. The summed E-state index contributed by atoms with van der Waals surface area (Å²) in [7, 11) is 2.98. The number of nitrogens with zero attached hydrogens (tertiary/aromatic N) is 1. The molecule has 0 bridgehead atoms. The number of amides is 1. The fourth-order valence-electron chi connectivity index (χ4n) is 1.96. The second-order valence-electron chi connectivity index (χ2n) is 4.18. The maximum absolute atomic E-state index is 11.7. The van der Waals surface area contributed by atoms with Crippen LogP contribution < -0.4 is 0 Å². The van der Waals surface area contributed by atoms with Crippen molar-refractivity contribution in [3.05, 3.63) is 0 Å². The molecule has 0 aromatic heterocycles. The number of likely N-dealkylation sites (N-methyl/N-ethyl adjacent to an activating group) is 1. The first-order chi connectivity index (χ1) is 7.13. The van der Waals surface area contributed by atoms with Crippen LogP contribution in [0.3, 0.4) is 0 Å². The summed E-state index contributed by atoms with van der Waals surface area (Å²) in [6.07, 6.45) is 5.35. The van der Waals surface area contributed by atoms with Gasteiger partial charge in [0.2, 0.25) is 5.91 Å². The summed E-state index contributed by atoms with van der Waals surface area (Å²) in [6.45, 7) is 0.0576. The van der Waals surface area contributed by atoms with Crippen molar-refractivity contribution in [3.8, 4) is 0 Å². The van der Waals surface area contributed by atoms with E-state index >= 15 is 0 Å². The van der Waals surface area contributed by atoms with Gasteiger partial charge in [-0.2, -0.15) is 0 Å². The lowest BCUT2D eigenvalue weighted by atomic mass is 10.0. The van der Waals surface area contributed by atoms with Crippen molar-refractivity contribution < 1.29 is 14.3 Å². The minimum absolute atomic E-state index is 0.0484. The van der Waals surface area contributed by atoms with Crippen LogP contribution in [-0.4, -0.2) is 37.5 Å². The summed E-state index contributed by atoms with van der Waals surface area (Å²) < 4.78 is 4.51. The Kier molecular flexibility index (Phi) is 4.59. The fourth-order valence-corrected chi connectivity index (χ4v) is 1.96. The van der Waals surface area contributed by atoms with Gasteiger partial charge in [0.15, 0.2) is 0 Å². The van der Waals surface area contributed by atoms with Gasteiger partial charge in [-0.3, -0.25) is 9.59 Å². The van der Waals surface area contributed by atoms with E-state index in [-0.39, 0.29) is 18.4 Å². The maximum atomic E-state index is 11.7. The van der Waals surface area contributed by atoms with Crippen LogP contribution in [0.25, 0.3) is 0 Å². The topological polar surface area (TPSA) is 46.6 Å². The zero-order chi connectivity index (χ0) is 11.3. The van der Waals surface area contributed by atoms with E-state index in [1.807, 2.05) is 0 Å². The number of rotatable bonds is 4. The highest BCUT2D eigenvalue weighted by atomic mass is 16.5. The highest BCUT2D eigenvalue weighted by molar-refractivity contribution is 5.81. The first kappa shape index (κ1) is 12.0. The van der Waals surface area contributed by atoms with Crippen LogP contribution in [0.4, 0.5) is 0 Å². The van der Waals surface area contributed by atoms with E-state index in [1.165, 1.54) is 24.9 Å². The Morgan fingerprint density at radius 3 is 2.47 bits per heavy atom. The van der Waals surface area contributed by atoms with Crippen LogP contribution in [-0.2, 0) is 14.3 Å². The zero-order valence-electron chi connectivity index (χ0n) is 9.49. The van der Waals surface area contributed by atoms with Gasteiger partial charge >= 0.3 is 5.97 Å². The van der Waals surface area contributed by atoms with E-state index in [1.54, 1.807) is 7.05 Å². The van der Waals surface area contributed by atoms with Gasteiger partial charge in [0.1, 0.15) is 6.54 Å². The minimum atomic E-state index is -0.364. The smallest absolute Gasteiger partial charge is 0.325 e. The molecular formula is C11H19NO3. The predicted molar refractivity (Wildman–Crippen MR) is 56.2 cm³/mol. The van der Waals surface area contributed by atoms with Crippen LogP contribution in [0, 0.1) is 5.92 Å². The Labute approximate surface area is 90.6 Å². The zero-order valence-corrected chi connectivity index (χ0v) is 9.49. The van der Waals surface area contributed by atoms with Gasteiger partial charge in [-0.05, 0) is 18.8 Å². The highest BCUT2D eigenvalue weighted by Crippen LogP contribution is 2.27. The van der Waals surface area contributed by atoms with Gasteiger partial charge in [-0.15, -0.1) is 0 Å². The summed E-state index contributed by atoms with van der Waals surface area (Å²) in [4.78, 5) is 24.1. The SMILES string of the molecule is COC(=O)CN(C)C(=O)CC1CCCC1. The van der Waals surface area contributed by atoms with Crippen molar-refractivity contribution >= 4 is 11.9 Å². The number of ether oxygens (including phenoxy) is 1. The number of hydrogen-bond acceptors (Lipinski definition) is 3. The molecule has 1 rings (SSSR count). The molecular weight excluding hydrogens is 194 g/mol. The first-order valence-corrected chi connectivity index (χ1v) is 5.44. The van der Waals surface area contributed by atoms with Gasteiger partial charge in [0, 0.05) is 13.5 Å². The molecule has 1 aliphatic rings. The Morgan fingerprint density at radius 1 is 1.33 bits per heavy atom. The van der Waals surface area contributed by atoms with Crippen molar-refractivity contribution in [1.29, 1.82) is 0 Å². The van der Waals surface area contributed by atoms with Crippen molar-refractivity contribution in [2.24, 2.45) is 5.92 Å². The van der Waals surface area contributed by atoms with Crippen molar-refractivity contribution in [2.75, 3.05) is 20.7 Å². The van der Waals surface area contributed by atoms with E-state index < -0.39 is 0 Å². The quantitative estimate of drug-likeness (QED) is 0.659. The van der Waals surface area contributed by atoms with E-state index in [4.69, 9.17) is 0 Å². The Hall–Kier alpha value is -1.06. The lowest BCUT2D eigenvalue weighted by Gasteiger charge is -2.17. The van der Waals surface area contributed by atoms with E-state index in [0.29, 0.717) is 12.3 Å². The average molecular weight is 213 g/mol. The second-order valence-corrected chi connectivity index (χ2v) is 4.18. The maximum Gasteiger partial charge on any atom is 0.325 e. The van der Waals surface area contributed by atoms with Gasteiger partial charge in [0.25, 0.3) is 0 Å². The molecule has 4 heteroatoms. The summed E-state index contributed by atoms with van der Waals surface area (Å²) in [5, 5.41) is 0. The fraction of sp³-hybridized carbons (Fsp3) is 0.818. The normalized spacial score (nSPS) is 16.4. The molecule has 1 fully saturated rings. The summed E-state index contributed by atoms with van der Waals surface area (Å²) >= 11 is 0. The molecule has 1 aliphatic carbocycles. The number of hydrogen-bond donors (Lipinski definition) is 0. The lowest BCUT2D eigenvalue weighted by molar-refractivity contribution is -0.146. The third-order valence-electron chi connectivity index (χ3n) is 2.96. The van der Waals surface area contributed by atoms with Gasteiger partial charge in [0.05, 0.1) is 7.11 Å². The monoisotopic (exact) mass is 213 g/mol. The Balaban J connectivity index is 2.28. The molecule has 0 radical (unpaired) electrons. The van der Waals surface area contributed by atoms with Crippen LogP contribution in [0.15, 0.2) is 0 Å². The van der Waals surface area contributed by atoms with Gasteiger partial charge < -0.3 is 9.64 Å². The largest absolute Gasteiger partial charge is 0.468 e. The molecule has 1 saturated carbocycles. The molecule has 15 heavy (non-hydrogen) atoms. The standard InChI is InChI=1S/C11H19NO3/c1-12(8-11(14)15-2)10(13)7-9-5-3-4-6-9/h9H,3-8H2,1-2H3. The van der Waals surface area contributed by atoms with Crippen LogP contribution in [0.1, 0.15) is 32.1 Å². The molecule has 0 aromatic rings. The van der Waals surface area contributed by atoms with Crippen LogP contribution in [0.5, 0.6) is 0 Å². The Bertz CT molecular complexity index is 234. The van der Waals surface area contributed by atoms with Crippen molar-refractivity contribution in [1.82, 2.24) is 4.90 Å². The molecule has 0 N–H and O–H groups in total. The van der Waals surface area contributed by atoms with Gasteiger partial charge in [-0.25, -0.2) is 0 Å². The average Bonchev–Trinajstić information content (AvgIpc) is 2.70. The number of methoxy groups -OCH3 is 1. The van der Waals surface area contributed by atoms with Gasteiger partial charge in [-0.1, -0.05) is 12.8 Å². The van der Waals surface area contributed by atoms with E-state index in [2.05, 4.69) is 4.74 Å². The lowest BCUT2D eigenvalue weighted by Crippen LogP contribution is -2.33. The van der Waals surface area contributed by atoms with Crippen molar-refractivity contribution in [3.63, 3.8) is 0 Å². The number of esters is 1. The highest BCUT2D eigenvalue weighted by Gasteiger charge is 2.21. The Morgan fingerprint density at radius 2 is 1.93 bits per heavy atom. The van der Waals surface area contributed by atoms with Crippen LogP contribution in [0.2, 0.25) is 0 Å². The molecule has 0 saturated heterocycles. The number of carbonyl (C=O) groups is 2. The second kappa shape index (κ2) is 5.73. The summed E-state index contributed by atoms with van der Waals surface area (Å²) in [5.74, 6) is 0.210. The summed E-state index contributed by atoms with van der Waals surface area (Å²) in [6, 6.07) is 0. The molecule has 4 nitrogen and oxygen atoms in total. The first-order valence-electron chi connectivity index (χ1n) is 5.44. The third-order valence-corrected chi connectivity index (χ3v) is 2.96. The third kappa shape index (κ3) is 3.90.